The predicted molar refractivity (Wildman–Crippen MR) is 101 cm³/mol. The number of likely N-dealkylation sites (tertiary alicyclic amines) is 1. The standard InChI is InChI=1S/C19H26N2O5S/c22-18(11-20-19(23)26-14-15-7-3-1-4-8-15)21-12-17(13-21)27(24,25)16-9-5-2-6-10-16/h1,3-4,7-8,16-17H,2,5-6,9-14H2,(H,20,23). The van der Waals surface area contributed by atoms with Gasteiger partial charge in [0.1, 0.15) is 13.2 Å². The first kappa shape index (κ1) is 19.7. The van der Waals surface area contributed by atoms with Crippen LogP contribution in [0.5, 0.6) is 0 Å². The molecule has 1 heterocycles. The number of benzene rings is 1. The fourth-order valence-electron chi connectivity index (χ4n) is 3.55. The van der Waals surface area contributed by atoms with E-state index in [0.29, 0.717) is 0 Å². The quantitative estimate of drug-likeness (QED) is 0.795. The third-order valence-electron chi connectivity index (χ3n) is 5.28. The molecule has 27 heavy (non-hydrogen) atoms. The van der Waals surface area contributed by atoms with Crippen molar-refractivity contribution in [1.29, 1.82) is 0 Å². The lowest BCUT2D eigenvalue weighted by molar-refractivity contribution is -0.133. The van der Waals surface area contributed by atoms with Crippen LogP contribution in [-0.4, -0.2) is 55.5 Å². The van der Waals surface area contributed by atoms with E-state index in [9.17, 15) is 18.0 Å². The van der Waals surface area contributed by atoms with E-state index in [4.69, 9.17) is 4.74 Å². The van der Waals surface area contributed by atoms with Crippen LogP contribution < -0.4 is 5.32 Å². The molecule has 1 saturated heterocycles. The number of sulfone groups is 1. The van der Waals surface area contributed by atoms with Gasteiger partial charge in [-0.3, -0.25) is 4.79 Å². The fraction of sp³-hybridized carbons (Fsp3) is 0.579. The van der Waals surface area contributed by atoms with Crippen molar-refractivity contribution in [3.63, 3.8) is 0 Å². The van der Waals surface area contributed by atoms with E-state index in [0.717, 1.165) is 37.7 Å². The van der Waals surface area contributed by atoms with Crippen LogP contribution in [0.2, 0.25) is 0 Å². The molecule has 1 aromatic carbocycles. The van der Waals surface area contributed by atoms with Gasteiger partial charge in [-0.2, -0.15) is 0 Å². The highest BCUT2D eigenvalue weighted by Gasteiger charge is 2.43. The molecule has 1 aromatic rings. The van der Waals surface area contributed by atoms with Crippen LogP contribution in [0.1, 0.15) is 37.7 Å². The molecule has 2 fully saturated rings. The Bertz CT molecular complexity index is 754. The molecule has 0 atom stereocenters. The molecule has 7 nitrogen and oxygen atoms in total. The highest BCUT2D eigenvalue weighted by atomic mass is 32.2. The number of rotatable bonds is 6. The van der Waals surface area contributed by atoms with Gasteiger partial charge in [0.2, 0.25) is 5.91 Å². The van der Waals surface area contributed by atoms with Gasteiger partial charge in [0, 0.05) is 13.1 Å². The Kier molecular flexibility index (Phi) is 6.36. The molecule has 0 bridgehead atoms. The van der Waals surface area contributed by atoms with Gasteiger partial charge in [-0.15, -0.1) is 0 Å². The third-order valence-corrected chi connectivity index (χ3v) is 7.91. The summed E-state index contributed by atoms with van der Waals surface area (Å²) < 4.78 is 30.2. The molecular formula is C19H26N2O5S. The highest BCUT2D eigenvalue weighted by molar-refractivity contribution is 7.92. The van der Waals surface area contributed by atoms with Crippen molar-refractivity contribution in [2.45, 2.75) is 49.2 Å². The second-order valence-corrected chi connectivity index (χ2v) is 9.70. The number of hydrogen-bond donors (Lipinski definition) is 1. The van der Waals surface area contributed by atoms with E-state index in [-0.39, 0.29) is 37.4 Å². The average molecular weight is 394 g/mol. The molecule has 3 rings (SSSR count). The number of nitrogens with zero attached hydrogens (tertiary/aromatic N) is 1. The minimum absolute atomic E-state index is 0.131. The number of alkyl carbamates (subject to hydrolysis) is 1. The molecule has 8 heteroatoms. The molecule has 1 aliphatic carbocycles. The van der Waals surface area contributed by atoms with Crippen LogP contribution in [0.4, 0.5) is 4.79 Å². The van der Waals surface area contributed by atoms with Crippen molar-refractivity contribution < 1.29 is 22.7 Å². The van der Waals surface area contributed by atoms with E-state index >= 15 is 0 Å². The summed E-state index contributed by atoms with van der Waals surface area (Å²) in [7, 11) is -3.17. The van der Waals surface area contributed by atoms with Crippen molar-refractivity contribution in [3.05, 3.63) is 35.9 Å². The zero-order valence-corrected chi connectivity index (χ0v) is 16.1. The van der Waals surface area contributed by atoms with Gasteiger partial charge in [0.25, 0.3) is 0 Å². The van der Waals surface area contributed by atoms with E-state index in [1.807, 2.05) is 30.3 Å². The van der Waals surface area contributed by atoms with Crippen molar-refractivity contribution in [1.82, 2.24) is 10.2 Å². The van der Waals surface area contributed by atoms with Crippen LogP contribution >= 0.6 is 0 Å². The van der Waals surface area contributed by atoms with Gasteiger partial charge in [0.15, 0.2) is 9.84 Å². The molecule has 148 valence electrons. The lowest BCUT2D eigenvalue weighted by atomic mass is 10.0. The Balaban J connectivity index is 1.37. The van der Waals surface area contributed by atoms with Crippen LogP contribution in [0, 0.1) is 0 Å². The predicted octanol–water partition coefficient (Wildman–Crippen LogP) is 1.87. The average Bonchev–Trinajstić information content (AvgIpc) is 2.65. The normalized spacial score (nSPS) is 18.6. The summed E-state index contributed by atoms with van der Waals surface area (Å²) in [6.07, 6.45) is 3.85. The van der Waals surface area contributed by atoms with E-state index in [1.54, 1.807) is 0 Å². The Hall–Kier alpha value is -2.09. The minimum atomic E-state index is -3.17. The topological polar surface area (TPSA) is 92.8 Å². The van der Waals surface area contributed by atoms with Gasteiger partial charge in [-0.1, -0.05) is 49.6 Å². The van der Waals surface area contributed by atoms with Crippen LogP contribution in [0.25, 0.3) is 0 Å². The fourth-order valence-corrected chi connectivity index (χ4v) is 5.86. The Morgan fingerprint density at radius 1 is 1.04 bits per heavy atom. The molecular weight excluding hydrogens is 368 g/mol. The lowest BCUT2D eigenvalue weighted by Gasteiger charge is -2.40. The summed E-state index contributed by atoms with van der Waals surface area (Å²) in [4.78, 5) is 25.3. The number of amides is 2. The largest absolute Gasteiger partial charge is 0.445 e. The number of carbonyl (C=O) groups excluding carboxylic acids is 2. The monoisotopic (exact) mass is 394 g/mol. The minimum Gasteiger partial charge on any atom is -0.445 e. The molecule has 2 aliphatic rings. The zero-order valence-electron chi connectivity index (χ0n) is 15.3. The lowest BCUT2D eigenvalue weighted by Crippen LogP contribution is -2.60. The van der Waals surface area contributed by atoms with Gasteiger partial charge in [-0.05, 0) is 18.4 Å². The van der Waals surface area contributed by atoms with Crippen molar-refractivity contribution in [3.8, 4) is 0 Å². The van der Waals surface area contributed by atoms with Crippen molar-refractivity contribution >= 4 is 21.8 Å². The van der Waals surface area contributed by atoms with E-state index in [1.165, 1.54) is 4.90 Å². The summed E-state index contributed by atoms with van der Waals surface area (Å²) >= 11 is 0. The molecule has 0 radical (unpaired) electrons. The van der Waals surface area contributed by atoms with Crippen LogP contribution in [0.15, 0.2) is 30.3 Å². The van der Waals surface area contributed by atoms with Gasteiger partial charge in [-0.25, -0.2) is 13.2 Å². The second kappa shape index (κ2) is 8.73. The first-order valence-electron chi connectivity index (χ1n) is 9.42. The summed E-state index contributed by atoms with van der Waals surface area (Å²) in [5.74, 6) is -0.290. The van der Waals surface area contributed by atoms with Gasteiger partial charge < -0.3 is 15.0 Å². The molecule has 0 spiro atoms. The summed E-state index contributed by atoms with van der Waals surface area (Å²) in [5, 5.41) is 1.70. The maximum atomic E-state index is 12.6. The zero-order chi connectivity index (χ0) is 19.3. The highest BCUT2D eigenvalue weighted by Crippen LogP contribution is 2.29. The summed E-state index contributed by atoms with van der Waals surface area (Å²) in [6.45, 7) is 0.382. The summed E-state index contributed by atoms with van der Waals surface area (Å²) in [6, 6.07) is 9.25. The van der Waals surface area contributed by atoms with E-state index < -0.39 is 21.2 Å². The number of carbonyl (C=O) groups is 2. The van der Waals surface area contributed by atoms with Crippen LogP contribution in [-0.2, 0) is 26.0 Å². The smallest absolute Gasteiger partial charge is 0.407 e. The first-order chi connectivity index (χ1) is 13.0. The summed E-state index contributed by atoms with van der Waals surface area (Å²) in [5.41, 5.74) is 0.859. The Morgan fingerprint density at radius 3 is 2.37 bits per heavy atom. The Morgan fingerprint density at radius 2 is 1.70 bits per heavy atom. The Labute approximate surface area is 160 Å². The number of nitrogens with one attached hydrogen (secondary N) is 1. The SMILES string of the molecule is O=C(NCC(=O)N1CC(S(=O)(=O)C2CCCCC2)C1)OCc1ccccc1. The van der Waals surface area contributed by atoms with Gasteiger partial charge >= 0.3 is 6.09 Å². The van der Waals surface area contributed by atoms with Crippen molar-refractivity contribution in [2.24, 2.45) is 0 Å². The number of hydrogen-bond acceptors (Lipinski definition) is 5. The molecule has 0 aromatic heterocycles. The number of ether oxygens (including phenoxy) is 1. The molecule has 1 aliphatic heterocycles. The maximum Gasteiger partial charge on any atom is 0.407 e. The molecule has 1 saturated carbocycles. The third kappa shape index (κ3) is 5.00. The van der Waals surface area contributed by atoms with Crippen molar-refractivity contribution in [2.75, 3.05) is 19.6 Å². The maximum absolute atomic E-state index is 12.6. The second-order valence-electron chi connectivity index (χ2n) is 7.19. The van der Waals surface area contributed by atoms with Gasteiger partial charge in [0.05, 0.1) is 10.5 Å². The molecule has 1 N–H and O–H groups in total. The van der Waals surface area contributed by atoms with E-state index in [2.05, 4.69) is 5.32 Å². The van der Waals surface area contributed by atoms with Crippen LogP contribution in [0.3, 0.4) is 0 Å². The molecule has 2 amide bonds. The molecule has 0 unspecified atom stereocenters. The first-order valence-corrected chi connectivity index (χ1v) is 11.0.